The molecule has 2 aromatic rings. The van der Waals surface area contributed by atoms with Crippen molar-refractivity contribution in [3.63, 3.8) is 0 Å². The summed E-state index contributed by atoms with van der Waals surface area (Å²) in [5.41, 5.74) is 1.80. The molecule has 0 aliphatic carbocycles. The van der Waals surface area contributed by atoms with E-state index < -0.39 is 12.2 Å². The fourth-order valence-corrected chi connectivity index (χ4v) is 4.60. The minimum atomic E-state index is -0.870. The number of carbonyl (C=O) groups excluding carboxylic acids is 1. The molecule has 3 heterocycles. The number of aliphatic hydroxyl groups is 2. The fourth-order valence-electron chi connectivity index (χ4n) is 4.43. The van der Waals surface area contributed by atoms with Crippen LogP contribution in [-0.4, -0.2) is 93.1 Å². The summed E-state index contributed by atoms with van der Waals surface area (Å²) < 4.78 is 7.40. The second-order valence-corrected chi connectivity index (χ2v) is 8.56. The molecule has 1 amide bonds. The molecule has 0 saturated carbocycles. The zero-order valence-corrected chi connectivity index (χ0v) is 18.0. The first-order valence-electron chi connectivity index (χ1n) is 10.5. The molecule has 1 aromatic heterocycles. The van der Waals surface area contributed by atoms with Gasteiger partial charge < -0.3 is 24.4 Å². The van der Waals surface area contributed by atoms with Gasteiger partial charge in [-0.15, -0.1) is 0 Å². The molecule has 3 atom stereocenters. The SMILES string of the molecule is Cn1c(CCC(=O)N2CC[C@@H](O)[C@@H](O)[C@H](N3CCOCC3)C2)nc2cc(Cl)ccc21. The molecule has 2 N–H and O–H groups in total. The molecule has 0 radical (unpaired) electrons. The lowest BCUT2D eigenvalue weighted by atomic mass is 10.0. The number of imidazole rings is 1. The number of aromatic nitrogens is 2. The Bertz CT molecular complexity index is 899. The van der Waals surface area contributed by atoms with Crippen LogP contribution < -0.4 is 0 Å². The predicted molar refractivity (Wildman–Crippen MR) is 113 cm³/mol. The monoisotopic (exact) mass is 436 g/mol. The number of amides is 1. The number of aliphatic hydroxyl groups excluding tert-OH is 2. The van der Waals surface area contributed by atoms with E-state index in [0.717, 1.165) is 16.9 Å². The summed E-state index contributed by atoms with van der Waals surface area (Å²) in [6.45, 7) is 3.44. The number of halogens is 1. The molecule has 164 valence electrons. The minimum absolute atomic E-state index is 0.0136. The van der Waals surface area contributed by atoms with E-state index in [-0.39, 0.29) is 11.9 Å². The van der Waals surface area contributed by atoms with Crippen molar-refractivity contribution >= 4 is 28.5 Å². The van der Waals surface area contributed by atoms with Crippen LogP contribution in [0.5, 0.6) is 0 Å². The summed E-state index contributed by atoms with van der Waals surface area (Å²) >= 11 is 6.06. The van der Waals surface area contributed by atoms with E-state index in [1.807, 2.05) is 29.8 Å². The van der Waals surface area contributed by atoms with E-state index in [1.54, 1.807) is 4.90 Å². The maximum atomic E-state index is 13.0. The molecule has 2 aliphatic rings. The highest BCUT2D eigenvalue weighted by Crippen LogP contribution is 2.22. The average Bonchev–Trinajstić information content (AvgIpc) is 2.97. The van der Waals surface area contributed by atoms with Crippen LogP contribution in [0.1, 0.15) is 18.7 Å². The van der Waals surface area contributed by atoms with E-state index >= 15 is 0 Å². The molecular weight excluding hydrogens is 408 g/mol. The molecular formula is C21H29ClN4O4. The van der Waals surface area contributed by atoms with Crippen LogP contribution in [0.25, 0.3) is 11.0 Å². The second-order valence-electron chi connectivity index (χ2n) is 8.12. The van der Waals surface area contributed by atoms with Gasteiger partial charge in [0.15, 0.2) is 0 Å². The van der Waals surface area contributed by atoms with Crippen molar-refractivity contribution in [3.05, 3.63) is 29.0 Å². The van der Waals surface area contributed by atoms with Crippen molar-refractivity contribution in [3.8, 4) is 0 Å². The average molecular weight is 437 g/mol. The molecule has 8 nitrogen and oxygen atoms in total. The van der Waals surface area contributed by atoms with Crippen molar-refractivity contribution in [1.82, 2.24) is 19.4 Å². The molecule has 30 heavy (non-hydrogen) atoms. The smallest absolute Gasteiger partial charge is 0.223 e. The van der Waals surface area contributed by atoms with Crippen molar-refractivity contribution in [1.29, 1.82) is 0 Å². The highest BCUT2D eigenvalue weighted by molar-refractivity contribution is 6.31. The Hall–Kier alpha value is -1.71. The van der Waals surface area contributed by atoms with Gasteiger partial charge in [0.1, 0.15) is 5.82 Å². The van der Waals surface area contributed by atoms with Gasteiger partial charge >= 0.3 is 0 Å². The zero-order chi connectivity index (χ0) is 21.3. The maximum absolute atomic E-state index is 13.0. The van der Waals surface area contributed by atoms with Gasteiger partial charge in [0.2, 0.25) is 5.91 Å². The number of benzene rings is 1. The number of aryl methyl sites for hydroxylation is 2. The minimum Gasteiger partial charge on any atom is -0.390 e. The Morgan fingerprint density at radius 2 is 2.03 bits per heavy atom. The quantitative estimate of drug-likeness (QED) is 0.737. The Balaban J connectivity index is 1.44. The normalized spacial score (nSPS) is 26.1. The molecule has 4 rings (SSSR count). The summed E-state index contributed by atoms with van der Waals surface area (Å²) in [6, 6.07) is 5.31. The third-order valence-corrected chi connectivity index (χ3v) is 6.49. The number of hydrogen-bond donors (Lipinski definition) is 2. The fraction of sp³-hybridized carbons (Fsp3) is 0.619. The molecule has 0 spiro atoms. The predicted octanol–water partition coefficient (Wildman–Crippen LogP) is 0.814. The number of rotatable bonds is 4. The van der Waals surface area contributed by atoms with Gasteiger partial charge in [-0.25, -0.2) is 4.98 Å². The van der Waals surface area contributed by atoms with Crippen LogP contribution in [0.4, 0.5) is 0 Å². The first-order chi connectivity index (χ1) is 14.4. The van der Waals surface area contributed by atoms with Gasteiger partial charge in [-0.3, -0.25) is 9.69 Å². The summed E-state index contributed by atoms with van der Waals surface area (Å²) in [4.78, 5) is 21.5. The van der Waals surface area contributed by atoms with Crippen LogP contribution in [0.2, 0.25) is 5.02 Å². The number of likely N-dealkylation sites (tertiary alicyclic amines) is 1. The lowest BCUT2D eigenvalue weighted by molar-refractivity contribution is -0.132. The van der Waals surface area contributed by atoms with Crippen LogP contribution >= 0.6 is 11.6 Å². The van der Waals surface area contributed by atoms with Crippen LogP contribution in [0.15, 0.2) is 18.2 Å². The Labute approximate surface area is 181 Å². The van der Waals surface area contributed by atoms with E-state index in [4.69, 9.17) is 16.3 Å². The molecule has 0 unspecified atom stereocenters. The molecule has 1 aromatic carbocycles. The van der Waals surface area contributed by atoms with Crippen molar-refractivity contribution in [2.45, 2.75) is 37.5 Å². The van der Waals surface area contributed by atoms with Gasteiger partial charge in [-0.05, 0) is 24.6 Å². The molecule has 2 fully saturated rings. The number of morpholine rings is 1. The lowest BCUT2D eigenvalue weighted by Crippen LogP contribution is -2.55. The summed E-state index contributed by atoms with van der Waals surface area (Å²) in [5.74, 6) is 0.847. The van der Waals surface area contributed by atoms with Crippen molar-refractivity contribution in [2.75, 3.05) is 39.4 Å². The van der Waals surface area contributed by atoms with E-state index in [1.165, 1.54) is 0 Å². The van der Waals surface area contributed by atoms with Gasteiger partial charge in [0.25, 0.3) is 0 Å². The topological polar surface area (TPSA) is 91.1 Å². The number of carbonyl (C=O) groups is 1. The standard InChI is InChI=1S/C21H29ClN4O4/c1-24-16-3-2-14(22)12-15(16)23-19(24)4-5-20(28)26-7-6-18(27)21(29)17(13-26)25-8-10-30-11-9-25/h2-3,12,17-18,21,27,29H,4-11,13H2,1H3/t17-,18-,21+/m1/s1. The Morgan fingerprint density at radius 1 is 1.27 bits per heavy atom. The van der Waals surface area contributed by atoms with E-state index in [2.05, 4.69) is 9.88 Å². The molecule has 2 saturated heterocycles. The van der Waals surface area contributed by atoms with Gasteiger partial charge in [-0.1, -0.05) is 11.6 Å². The van der Waals surface area contributed by atoms with Crippen LogP contribution in [0, 0.1) is 0 Å². The van der Waals surface area contributed by atoms with Gasteiger partial charge in [-0.2, -0.15) is 0 Å². The molecule has 9 heteroatoms. The Morgan fingerprint density at radius 3 is 2.80 bits per heavy atom. The van der Waals surface area contributed by atoms with E-state index in [0.29, 0.717) is 63.7 Å². The third-order valence-electron chi connectivity index (χ3n) is 6.26. The van der Waals surface area contributed by atoms with Gasteiger partial charge in [0, 0.05) is 51.1 Å². The number of nitrogens with zero attached hydrogens (tertiary/aromatic N) is 4. The largest absolute Gasteiger partial charge is 0.390 e. The van der Waals surface area contributed by atoms with Crippen molar-refractivity contribution in [2.24, 2.45) is 7.05 Å². The van der Waals surface area contributed by atoms with E-state index in [9.17, 15) is 15.0 Å². The zero-order valence-electron chi connectivity index (χ0n) is 17.2. The second kappa shape index (κ2) is 9.20. The summed E-state index contributed by atoms with van der Waals surface area (Å²) in [5, 5.41) is 21.6. The number of fused-ring (bicyclic) bond motifs is 1. The Kier molecular flexibility index (Phi) is 6.60. The molecule has 2 aliphatic heterocycles. The highest BCUT2D eigenvalue weighted by Gasteiger charge is 2.37. The van der Waals surface area contributed by atoms with Crippen molar-refractivity contribution < 1.29 is 19.7 Å². The van der Waals surface area contributed by atoms with Crippen LogP contribution in [-0.2, 0) is 23.0 Å². The first kappa shape index (κ1) is 21.5. The number of ether oxygens (including phenoxy) is 1. The van der Waals surface area contributed by atoms with Crippen LogP contribution in [0.3, 0.4) is 0 Å². The first-order valence-corrected chi connectivity index (χ1v) is 10.9. The number of hydrogen-bond acceptors (Lipinski definition) is 6. The maximum Gasteiger partial charge on any atom is 0.223 e. The molecule has 0 bridgehead atoms. The summed E-state index contributed by atoms with van der Waals surface area (Å²) in [6.07, 6.45) is -0.484. The van der Waals surface area contributed by atoms with Gasteiger partial charge in [0.05, 0.1) is 42.5 Å². The highest BCUT2D eigenvalue weighted by atomic mass is 35.5. The lowest BCUT2D eigenvalue weighted by Gasteiger charge is -2.38. The third kappa shape index (κ3) is 4.48. The summed E-state index contributed by atoms with van der Waals surface area (Å²) in [7, 11) is 1.94.